The van der Waals surface area contributed by atoms with Crippen molar-refractivity contribution in [2.45, 2.75) is 41.2 Å². The van der Waals surface area contributed by atoms with Crippen molar-refractivity contribution in [3.63, 3.8) is 0 Å². The van der Waals surface area contributed by atoms with Crippen molar-refractivity contribution >= 4 is 39.1 Å². The number of nitrogens with zero attached hydrogens (tertiary/aromatic N) is 2. The average Bonchev–Trinajstić information content (AvgIpc) is 3.25. The maximum Gasteiger partial charge on any atom is 0.343 e. The van der Waals surface area contributed by atoms with Crippen LogP contribution in [0.1, 0.15) is 41.1 Å². The fourth-order valence-electron chi connectivity index (χ4n) is 3.30. The van der Waals surface area contributed by atoms with Crippen LogP contribution in [-0.4, -0.2) is 36.8 Å². The molecule has 1 saturated heterocycles. The molecule has 33 heavy (non-hydrogen) atoms. The van der Waals surface area contributed by atoms with Gasteiger partial charge in [-0.2, -0.15) is 4.31 Å². The first-order valence-corrected chi connectivity index (χ1v) is 13.6. The summed E-state index contributed by atoms with van der Waals surface area (Å²) in [7, 11) is -3.59. The molecule has 0 unspecified atom stereocenters. The number of aryl methyl sites for hydroxylation is 1. The Morgan fingerprint density at radius 2 is 1.94 bits per heavy atom. The van der Waals surface area contributed by atoms with Crippen LogP contribution in [0.2, 0.25) is 0 Å². The monoisotopic (exact) mass is 506 g/mol. The van der Waals surface area contributed by atoms with E-state index in [0.29, 0.717) is 24.6 Å². The zero-order chi connectivity index (χ0) is 23.4. The van der Waals surface area contributed by atoms with Gasteiger partial charge in [0.25, 0.3) is 0 Å². The topological polar surface area (TPSA) is 107 Å². The Kier molecular flexibility index (Phi) is 7.32. The fourth-order valence-corrected chi connectivity index (χ4v) is 6.55. The van der Waals surface area contributed by atoms with Crippen LogP contribution in [0.3, 0.4) is 0 Å². The Morgan fingerprint density at radius 3 is 2.58 bits per heavy atom. The minimum absolute atomic E-state index is 0.123. The maximum atomic E-state index is 12.7. The molecule has 1 fully saturated rings. The van der Waals surface area contributed by atoms with Gasteiger partial charge in [0, 0.05) is 30.2 Å². The Morgan fingerprint density at radius 1 is 1.21 bits per heavy atom. The molecule has 11 heteroatoms. The quantitative estimate of drug-likeness (QED) is 0.348. The zero-order valence-electron chi connectivity index (χ0n) is 17.9. The number of ether oxygens (including phenoxy) is 1. The molecule has 3 heterocycles. The molecule has 0 aliphatic carbocycles. The van der Waals surface area contributed by atoms with Gasteiger partial charge in [0.05, 0.1) is 16.2 Å². The van der Waals surface area contributed by atoms with Crippen LogP contribution in [0, 0.1) is 6.92 Å². The van der Waals surface area contributed by atoms with Gasteiger partial charge in [-0.15, -0.1) is 11.3 Å². The highest BCUT2D eigenvalue weighted by Gasteiger charge is 2.26. The summed E-state index contributed by atoms with van der Waals surface area (Å²) in [6.07, 6.45) is 3.82. The second-order valence-corrected chi connectivity index (χ2v) is 11.5. The number of esters is 1. The lowest BCUT2D eigenvalue weighted by atomic mass is 10.2. The van der Waals surface area contributed by atoms with E-state index in [1.165, 1.54) is 57.7 Å². The SMILES string of the molecule is Cc1csc(SCc2cc(=O)c(OC(=O)c3ccc(S(=O)(=O)N4CCCCC4)cc3)co2)n1. The van der Waals surface area contributed by atoms with E-state index in [-0.39, 0.29) is 16.2 Å². The zero-order valence-corrected chi connectivity index (χ0v) is 20.3. The molecule has 4 rings (SSSR count). The van der Waals surface area contributed by atoms with Crippen molar-refractivity contribution < 1.29 is 22.4 Å². The highest BCUT2D eigenvalue weighted by Crippen LogP contribution is 2.26. The third-order valence-corrected chi connectivity index (χ3v) is 9.11. The van der Waals surface area contributed by atoms with Crippen molar-refractivity contribution in [3.8, 4) is 5.75 Å². The lowest BCUT2D eigenvalue weighted by Gasteiger charge is -2.25. The molecule has 2 aromatic heterocycles. The first kappa shape index (κ1) is 23.7. The summed E-state index contributed by atoms with van der Waals surface area (Å²) in [4.78, 5) is 29.3. The normalized spacial score (nSPS) is 14.8. The Hall–Kier alpha value is -2.47. The summed E-state index contributed by atoms with van der Waals surface area (Å²) in [5, 5.41) is 1.94. The summed E-state index contributed by atoms with van der Waals surface area (Å²) in [5.74, 6) is -0.151. The van der Waals surface area contributed by atoms with Crippen LogP contribution in [0.5, 0.6) is 5.75 Å². The van der Waals surface area contributed by atoms with E-state index in [4.69, 9.17) is 9.15 Å². The predicted octanol–water partition coefficient (Wildman–Crippen LogP) is 4.09. The summed E-state index contributed by atoms with van der Waals surface area (Å²) in [6.45, 7) is 2.91. The van der Waals surface area contributed by atoms with Gasteiger partial charge in [-0.3, -0.25) is 4.79 Å². The van der Waals surface area contributed by atoms with E-state index in [0.717, 1.165) is 35.6 Å². The molecule has 0 radical (unpaired) electrons. The number of carbonyl (C=O) groups is 1. The number of hydrogen-bond donors (Lipinski definition) is 0. The molecule has 0 saturated carbocycles. The molecule has 8 nitrogen and oxygen atoms in total. The molecule has 1 aliphatic heterocycles. The third-order valence-electron chi connectivity index (χ3n) is 5.03. The van der Waals surface area contributed by atoms with Crippen molar-refractivity contribution in [3.05, 3.63) is 69.2 Å². The molecule has 0 bridgehead atoms. The van der Waals surface area contributed by atoms with E-state index in [1.54, 1.807) is 0 Å². The average molecular weight is 507 g/mol. The molecule has 0 N–H and O–H groups in total. The number of piperidine rings is 1. The molecule has 1 aromatic carbocycles. The number of thiazole rings is 1. The molecule has 3 aromatic rings. The summed E-state index contributed by atoms with van der Waals surface area (Å²) in [5.41, 5.74) is 0.582. The standard InChI is InChI=1S/C22H22N2O6S3/c1-15-13-31-22(23-15)32-14-17-11-19(25)20(12-29-17)30-21(26)16-5-7-18(8-6-16)33(27,28)24-9-3-2-4-10-24/h5-8,11-13H,2-4,9-10,14H2,1H3. The first-order chi connectivity index (χ1) is 15.8. The van der Waals surface area contributed by atoms with E-state index in [1.807, 2.05) is 12.3 Å². The number of carbonyl (C=O) groups excluding carboxylic acids is 1. The van der Waals surface area contributed by atoms with Crippen LogP contribution in [0.4, 0.5) is 0 Å². The Bertz CT molecular complexity index is 1290. The van der Waals surface area contributed by atoms with Gasteiger partial charge in [-0.1, -0.05) is 18.2 Å². The van der Waals surface area contributed by atoms with Crippen LogP contribution in [0.15, 0.2) is 60.4 Å². The smallest absolute Gasteiger partial charge is 0.343 e. The number of rotatable bonds is 7. The summed E-state index contributed by atoms with van der Waals surface area (Å²) < 4.78 is 38.4. The molecule has 0 amide bonds. The molecule has 0 atom stereocenters. The fraction of sp³-hybridized carbons (Fsp3) is 0.318. The minimum Gasteiger partial charge on any atom is -0.464 e. The highest BCUT2D eigenvalue weighted by molar-refractivity contribution is 8.00. The van der Waals surface area contributed by atoms with Crippen LogP contribution in [-0.2, 0) is 15.8 Å². The molecular weight excluding hydrogens is 484 g/mol. The van der Waals surface area contributed by atoms with Gasteiger partial charge in [-0.25, -0.2) is 18.2 Å². The number of thioether (sulfide) groups is 1. The van der Waals surface area contributed by atoms with Crippen molar-refractivity contribution in [1.82, 2.24) is 9.29 Å². The van der Waals surface area contributed by atoms with Crippen molar-refractivity contribution in [2.24, 2.45) is 0 Å². The van der Waals surface area contributed by atoms with E-state index < -0.39 is 21.4 Å². The van der Waals surface area contributed by atoms with Gasteiger partial charge < -0.3 is 9.15 Å². The Balaban J connectivity index is 1.40. The second-order valence-electron chi connectivity index (χ2n) is 7.50. The number of hydrogen-bond acceptors (Lipinski definition) is 9. The van der Waals surface area contributed by atoms with E-state index >= 15 is 0 Å². The van der Waals surface area contributed by atoms with Gasteiger partial charge >= 0.3 is 5.97 Å². The number of aromatic nitrogens is 1. The van der Waals surface area contributed by atoms with Crippen molar-refractivity contribution in [2.75, 3.05) is 13.1 Å². The molecule has 174 valence electrons. The summed E-state index contributed by atoms with van der Waals surface area (Å²) in [6, 6.07) is 6.79. The van der Waals surface area contributed by atoms with Crippen LogP contribution in [0.25, 0.3) is 0 Å². The predicted molar refractivity (Wildman–Crippen MR) is 125 cm³/mol. The summed E-state index contributed by atoms with van der Waals surface area (Å²) >= 11 is 2.96. The maximum absolute atomic E-state index is 12.7. The highest BCUT2D eigenvalue weighted by atomic mass is 32.2. The van der Waals surface area contributed by atoms with Crippen LogP contribution < -0.4 is 10.2 Å². The minimum atomic E-state index is -3.59. The first-order valence-electron chi connectivity index (χ1n) is 10.3. The molecular formula is C22H22N2O6S3. The Labute approximate surface area is 199 Å². The lowest BCUT2D eigenvalue weighted by molar-refractivity contribution is 0.0728. The van der Waals surface area contributed by atoms with Gasteiger partial charge in [0.2, 0.25) is 21.2 Å². The van der Waals surface area contributed by atoms with E-state index in [2.05, 4.69) is 4.98 Å². The van der Waals surface area contributed by atoms with E-state index in [9.17, 15) is 18.0 Å². The van der Waals surface area contributed by atoms with Gasteiger partial charge in [-0.05, 0) is 44.0 Å². The molecule has 1 aliphatic rings. The van der Waals surface area contributed by atoms with Gasteiger partial charge in [0.15, 0.2) is 4.34 Å². The largest absolute Gasteiger partial charge is 0.464 e. The second kappa shape index (κ2) is 10.2. The van der Waals surface area contributed by atoms with Crippen molar-refractivity contribution in [1.29, 1.82) is 0 Å². The van der Waals surface area contributed by atoms with Crippen LogP contribution >= 0.6 is 23.1 Å². The number of benzene rings is 1. The third kappa shape index (κ3) is 5.72. The number of sulfonamides is 1. The lowest BCUT2D eigenvalue weighted by Crippen LogP contribution is -2.35. The molecule has 0 spiro atoms. The van der Waals surface area contributed by atoms with Gasteiger partial charge in [0.1, 0.15) is 12.0 Å².